The molecule has 16 heavy (non-hydrogen) atoms. The summed E-state index contributed by atoms with van der Waals surface area (Å²) in [4.78, 5) is 20.8. The zero-order valence-corrected chi connectivity index (χ0v) is 7.88. The first kappa shape index (κ1) is 15.0. The second-order valence-electron chi connectivity index (χ2n) is 3.05. The average Bonchev–Trinajstić information content (AvgIpc) is 2.20. The summed E-state index contributed by atoms with van der Waals surface area (Å²) < 4.78 is 0. The van der Waals surface area contributed by atoms with Crippen molar-refractivity contribution in [2.24, 2.45) is 0 Å². The normalized spacial score (nSPS) is 11.0. The van der Waals surface area contributed by atoms with Gasteiger partial charge in [-0.25, -0.2) is 4.79 Å². The standard InChI is InChI=1S/C10H11NO4.Na.H/c12-6-11-9(10(14)15)5-7-1-3-8(13)4-2-7;;/h1-4,6,9,13H,5H2,(H,11,12)(H,14,15);;/t9-;;/m0../s1. The van der Waals surface area contributed by atoms with E-state index >= 15 is 0 Å². The van der Waals surface area contributed by atoms with E-state index in [2.05, 4.69) is 5.32 Å². The van der Waals surface area contributed by atoms with Gasteiger partial charge in [-0.15, -0.1) is 0 Å². The van der Waals surface area contributed by atoms with Crippen molar-refractivity contribution in [1.29, 1.82) is 0 Å². The van der Waals surface area contributed by atoms with Crippen molar-refractivity contribution in [3.63, 3.8) is 0 Å². The second-order valence-corrected chi connectivity index (χ2v) is 3.05. The fourth-order valence-electron chi connectivity index (χ4n) is 1.17. The van der Waals surface area contributed by atoms with Gasteiger partial charge in [0.05, 0.1) is 0 Å². The summed E-state index contributed by atoms with van der Waals surface area (Å²) in [6.45, 7) is 0. The summed E-state index contributed by atoms with van der Waals surface area (Å²) in [5.74, 6) is -0.968. The molecule has 0 saturated heterocycles. The Bertz CT molecular complexity index is 352. The van der Waals surface area contributed by atoms with Gasteiger partial charge in [-0.05, 0) is 17.7 Å². The number of hydrogen-bond acceptors (Lipinski definition) is 3. The molecular weight excluding hydrogens is 221 g/mol. The topological polar surface area (TPSA) is 86.6 Å². The molecule has 0 aliphatic heterocycles. The van der Waals surface area contributed by atoms with Crippen LogP contribution in [-0.4, -0.2) is 58.2 Å². The molecule has 0 aliphatic carbocycles. The van der Waals surface area contributed by atoms with Crippen molar-refractivity contribution >= 4 is 41.9 Å². The van der Waals surface area contributed by atoms with Gasteiger partial charge in [0, 0.05) is 6.42 Å². The Labute approximate surface area is 115 Å². The van der Waals surface area contributed by atoms with Crippen LogP contribution in [0.4, 0.5) is 0 Å². The molecule has 6 heteroatoms. The summed E-state index contributed by atoms with van der Waals surface area (Å²) >= 11 is 0. The zero-order chi connectivity index (χ0) is 11.3. The van der Waals surface area contributed by atoms with Crippen LogP contribution in [0.2, 0.25) is 0 Å². The molecule has 0 aromatic heterocycles. The Morgan fingerprint density at radius 3 is 2.38 bits per heavy atom. The Morgan fingerprint density at radius 2 is 1.94 bits per heavy atom. The number of carbonyl (C=O) groups excluding carboxylic acids is 1. The Morgan fingerprint density at radius 1 is 1.38 bits per heavy atom. The first-order valence-electron chi connectivity index (χ1n) is 4.34. The van der Waals surface area contributed by atoms with Crippen molar-refractivity contribution in [2.75, 3.05) is 0 Å². The number of phenols is 1. The third-order valence-corrected chi connectivity index (χ3v) is 1.94. The van der Waals surface area contributed by atoms with E-state index in [4.69, 9.17) is 10.2 Å². The molecular formula is C10H12NNaO4. The van der Waals surface area contributed by atoms with Gasteiger partial charge < -0.3 is 15.5 Å². The Kier molecular flexibility index (Phi) is 6.80. The van der Waals surface area contributed by atoms with Crippen LogP contribution in [0.5, 0.6) is 5.75 Å². The zero-order valence-electron chi connectivity index (χ0n) is 7.88. The van der Waals surface area contributed by atoms with E-state index in [1.54, 1.807) is 12.1 Å². The quantitative estimate of drug-likeness (QED) is 0.472. The van der Waals surface area contributed by atoms with E-state index in [0.29, 0.717) is 6.41 Å². The second kappa shape index (κ2) is 7.27. The molecule has 1 aromatic carbocycles. The van der Waals surface area contributed by atoms with Crippen molar-refractivity contribution in [3.8, 4) is 5.75 Å². The van der Waals surface area contributed by atoms with E-state index < -0.39 is 12.0 Å². The third-order valence-electron chi connectivity index (χ3n) is 1.94. The van der Waals surface area contributed by atoms with Crippen molar-refractivity contribution < 1.29 is 19.8 Å². The van der Waals surface area contributed by atoms with E-state index in [1.165, 1.54) is 12.1 Å². The molecule has 0 saturated carbocycles. The van der Waals surface area contributed by atoms with Crippen LogP contribution in [0.15, 0.2) is 24.3 Å². The number of amides is 1. The number of rotatable bonds is 5. The maximum atomic E-state index is 10.7. The number of carboxylic acid groups (broad SMARTS) is 1. The van der Waals surface area contributed by atoms with Gasteiger partial charge in [0.1, 0.15) is 11.8 Å². The first-order valence-corrected chi connectivity index (χ1v) is 4.34. The molecule has 1 atom stereocenters. The molecule has 0 heterocycles. The minimum atomic E-state index is -1.09. The molecule has 1 aromatic rings. The molecule has 5 nitrogen and oxygen atoms in total. The van der Waals surface area contributed by atoms with Crippen molar-refractivity contribution in [3.05, 3.63) is 29.8 Å². The molecule has 3 N–H and O–H groups in total. The summed E-state index contributed by atoms with van der Waals surface area (Å²) in [5.41, 5.74) is 0.731. The SMILES string of the molecule is O=CN[C@@H](Cc1ccc(O)cc1)C(=O)O.[NaH]. The van der Waals surface area contributed by atoms with Gasteiger partial charge in [0.25, 0.3) is 0 Å². The van der Waals surface area contributed by atoms with Gasteiger partial charge >= 0.3 is 35.5 Å². The van der Waals surface area contributed by atoms with Crippen LogP contribution in [0.25, 0.3) is 0 Å². The van der Waals surface area contributed by atoms with Crippen LogP contribution in [-0.2, 0) is 16.0 Å². The molecule has 0 unspecified atom stereocenters. The van der Waals surface area contributed by atoms with Gasteiger partial charge in [-0.1, -0.05) is 12.1 Å². The maximum absolute atomic E-state index is 10.7. The predicted octanol–water partition coefficient (Wildman–Crippen LogP) is -0.515. The molecule has 0 spiro atoms. The predicted molar refractivity (Wildman–Crippen MR) is 59.6 cm³/mol. The molecule has 0 radical (unpaired) electrons. The number of carboxylic acids is 1. The first-order chi connectivity index (χ1) is 7.13. The van der Waals surface area contributed by atoms with E-state index in [-0.39, 0.29) is 41.7 Å². The molecule has 1 rings (SSSR count). The Balaban J connectivity index is 0.00000225. The van der Waals surface area contributed by atoms with E-state index in [1.807, 2.05) is 0 Å². The van der Waals surface area contributed by atoms with Gasteiger partial charge in [-0.3, -0.25) is 4.79 Å². The average molecular weight is 233 g/mol. The Hall–Kier alpha value is -1.04. The summed E-state index contributed by atoms with van der Waals surface area (Å²) in [5, 5.41) is 20.0. The van der Waals surface area contributed by atoms with Crippen LogP contribution in [0, 0.1) is 0 Å². The molecule has 0 bridgehead atoms. The fraction of sp³-hybridized carbons (Fsp3) is 0.200. The number of aliphatic carboxylic acids is 1. The van der Waals surface area contributed by atoms with Gasteiger partial charge in [-0.2, -0.15) is 0 Å². The van der Waals surface area contributed by atoms with Crippen LogP contribution >= 0.6 is 0 Å². The fourth-order valence-corrected chi connectivity index (χ4v) is 1.17. The van der Waals surface area contributed by atoms with E-state index in [9.17, 15) is 9.59 Å². The van der Waals surface area contributed by atoms with Crippen LogP contribution in [0.3, 0.4) is 0 Å². The monoisotopic (exact) mass is 233 g/mol. The molecule has 0 fully saturated rings. The number of phenolic OH excluding ortho intramolecular Hbond substituents is 1. The van der Waals surface area contributed by atoms with E-state index in [0.717, 1.165) is 5.56 Å². The third kappa shape index (κ3) is 4.65. The summed E-state index contributed by atoms with van der Waals surface area (Å²) in [6.07, 6.45) is 0.549. The summed E-state index contributed by atoms with van der Waals surface area (Å²) in [6, 6.07) is 5.21. The van der Waals surface area contributed by atoms with Crippen LogP contribution < -0.4 is 5.32 Å². The number of carbonyl (C=O) groups is 2. The molecule has 1 amide bonds. The minimum absolute atomic E-state index is 0. The molecule has 82 valence electrons. The number of hydrogen-bond donors (Lipinski definition) is 3. The van der Waals surface area contributed by atoms with Crippen LogP contribution in [0.1, 0.15) is 5.56 Å². The summed E-state index contributed by atoms with van der Waals surface area (Å²) in [7, 11) is 0. The van der Waals surface area contributed by atoms with Gasteiger partial charge in [0.15, 0.2) is 0 Å². The number of nitrogens with one attached hydrogen (secondary N) is 1. The number of benzene rings is 1. The number of aromatic hydroxyl groups is 1. The molecule has 0 aliphatic rings. The van der Waals surface area contributed by atoms with Crippen molar-refractivity contribution in [2.45, 2.75) is 12.5 Å². The van der Waals surface area contributed by atoms with Gasteiger partial charge in [0.2, 0.25) is 6.41 Å². The van der Waals surface area contributed by atoms with Crippen molar-refractivity contribution in [1.82, 2.24) is 5.32 Å².